The highest BCUT2D eigenvalue weighted by Crippen LogP contribution is 2.33. The predicted octanol–water partition coefficient (Wildman–Crippen LogP) is 4.07. The van der Waals surface area contributed by atoms with Crippen molar-refractivity contribution < 1.29 is 0 Å². The number of hydrogen-bond donors (Lipinski definition) is 1. The van der Waals surface area contributed by atoms with Crippen molar-refractivity contribution in [3.63, 3.8) is 0 Å². The number of nitrogens with zero attached hydrogens (tertiary/aromatic N) is 3. The van der Waals surface area contributed by atoms with Crippen LogP contribution in [0, 0.1) is 0 Å². The van der Waals surface area contributed by atoms with Gasteiger partial charge in [-0.25, -0.2) is 4.98 Å². The number of fused-ring (bicyclic) bond motifs is 1. The van der Waals surface area contributed by atoms with Crippen LogP contribution in [0.1, 0.15) is 44.4 Å². The molecule has 0 aliphatic carbocycles. The fourth-order valence-electron chi connectivity index (χ4n) is 2.79. The first-order valence-corrected chi connectivity index (χ1v) is 8.92. The zero-order valence-electron chi connectivity index (χ0n) is 13.0. The molecular weight excluding hydrogens is 280 g/mol. The maximum absolute atomic E-state index is 4.82. The summed E-state index contributed by atoms with van der Waals surface area (Å²) in [6.07, 6.45) is 6.04. The summed E-state index contributed by atoms with van der Waals surface area (Å²) in [6, 6.07) is 2.29. The lowest BCUT2D eigenvalue weighted by Crippen LogP contribution is -2.30. The monoisotopic (exact) mass is 304 g/mol. The lowest BCUT2D eigenvalue weighted by Gasteiger charge is -2.28. The van der Waals surface area contributed by atoms with Gasteiger partial charge in [-0.05, 0) is 38.2 Å². The van der Waals surface area contributed by atoms with Crippen LogP contribution in [0.5, 0.6) is 0 Å². The average Bonchev–Trinajstić information content (AvgIpc) is 2.96. The van der Waals surface area contributed by atoms with Gasteiger partial charge in [-0.3, -0.25) is 0 Å². The van der Waals surface area contributed by atoms with Crippen LogP contribution in [0.25, 0.3) is 10.2 Å². The van der Waals surface area contributed by atoms with E-state index in [1.807, 2.05) is 0 Å². The Bertz CT molecular complexity index is 602. The molecule has 0 amide bonds. The molecule has 0 radical (unpaired) electrons. The fraction of sp³-hybridized carbons (Fsp3) is 0.625. The maximum atomic E-state index is 4.82. The molecule has 3 heterocycles. The van der Waals surface area contributed by atoms with Gasteiger partial charge in [0, 0.05) is 24.5 Å². The van der Waals surface area contributed by atoms with Crippen LogP contribution in [0.15, 0.2) is 6.07 Å². The molecule has 2 aromatic rings. The maximum Gasteiger partial charge on any atom is 0.226 e. The van der Waals surface area contributed by atoms with Crippen LogP contribution >= 0.6 is 11.3 Å². The Kier molecular flexibility index (Phi) is 4.58. The van der Waals surface area contributed by atoms with Crippen molar-refractivity contribution in [2.45, 2.75) is 46.0 Å². The molecule has 0 aromatic carbocycles. The molecule has 0 bridgehead atoms. The van der Waals surface area contributed by atoms with E-state index in [1.165, 1.54) is 29.5 Å². The number of aryl methyl sites for hydroxylation is 1. The number of anilines is 2. The Morgan fingerprint density at radius 3 is 2.71 bits per heavy atom. The molecule has 21 heavy (non-hydrogen) atoms. The Balaban J connectivity index is 2.02. The number of aromatic nitrogens is 2. The van der Waals surface area contributed by atoms with E-state index in [9.17, 15) is 0 Å². The standard InChI is InChI=1S/C16H24N4S/c1-3-8-17-16-18-14(20-9-6-5-7-10-20)13-11-12(4-2)21-15(13)19-16/h11H,3-10H2,1-2H3,(H,17,18,19). The van der Waals surface area contributed by atoms with Crippen molar-refractivity contribution in [1.29, 1.82) is 0 Å². The minimum Gasteiger partial charge on any atom is -0.356 e. The molecule has 5 heteroatoms. The van der Waals surface area contributed by atoms with Gasteiger partial charge in [0.15, 0.2) is 0 Å². The summed E-state index contributed by atoms with van der Waals surface area (Å²) in [5.41, 5.74) is 0. The zero-order chi connectivity index (χ0) is 14.7. The fourth-order valence-corrected chi connectivity index (χ4v) is 3.75. The van der Waals surface area contributed by atoms with Gasteiger partial charge in [-0.15, -0.1) is 11.3 Å². The second-order valence-corrected chi connectivity index (χ2v) is 6.75. The first-order chi connectivity index (χ1) is 10.3. The van der Waals surface area contributed by atoms with Crippen molar-refractivity contribution in [2.75, 3.05) is 29.9 Å². The van der Waals surface area contributed by atoms with Crippen molar-refractivity contribution >= 4 is 33.3 Å². The average molecular weight is 304 g/mol. The van der Waals surface area contributed by atoms with Crippen molar-refractivity contribution in [3.05, 3.63) is 10.9 Å². The van der Waals surface area contributed by atoms with Gasteiger partial charge in [0.05, 0.1) is 5.39 Å². The molecule has 3 rings (SSSR count). The van der Waals surface area contributed by atoms with Gasteiger partial charge in [0.25, 0.3) is 0 Å². The minimum absolute atomic E-state index is 0.787. The highest BCUT2D eigenvalue weighted by Gasteiger charge is 2.18. The first-order valence-electron chi connectivity index (χ1n) is 8.11. The molecule has 1 N–H and O–H groups in total. The Hall–Kier alpha value is -1.36. The molecule has 4 nitrogen and oxygen atoms in total. The van der Waals surface area contributed by atoms with Gasteiger partial charge in [-0.1, -0.05) is 13.8 Å². The molecule has 114 valence electrons. The summed E-state index contributed by atoms with van der Waals surface area (Å²) < 4.78 is 0. The van der Waals surface area contributed by atoms with Crippen LogP contribution in [0.2, 0.25) is 0 Å². The molecule has 1 aliphatic rings. The number of thiophene rings is 1. The molecule has 0 unspecified atom stereocenters. The minimum atomic E-state index is 0.787. The van der Waals surface area contributed by atoms with Crippen LogP contribution in [-0.2, 0) is 6.42 Å². The first kappa shape index (κ1) is 14.6. The zero-order valence-corrected chi connectivity index (χ0v) is 13.8. The highest BCUT2D eigenvalue weighted by atomic mass is 32.1. The summed E-state index contributed by atoms with van der Waals surface area (Å²) in [7, 11) is 0. The summed E-state index contributed by atoms with van der Waals surface area (Å²) >= 11 is 1.81. The Morgan fingerprint density at radius 2 is 2.00 bits per heavy atom. The Morgan fingerprint density at radius 1 is 1.19 bits per heavy atom. The molecule has 0 spiro atoms. The van der Waals surface area contributed by atoms with E-state index in [0.29, 0.717) is 0 Å². The number of hydrogen-bond acceptors (Lipinski definition) is 5. The second-order valence-electron chi connectivity index (χ2n) is 5.63. The normalized spacial score (nSPS) is 15.6. The number of piperidine rings is 1. The smallest absolute Gasteiger partial charge is 0.226 e. The molecule has 1 saturated heterocycles. The van der Waals surface area contributed by atoms with Crippen LogP contribution in [0.3, 0.4) is 0 Å². The van der Waals surface area contributed by atoms with Crippen LogP contribution < -0.4 is 10.2 Å². The van der Waals surface area contributed by atoms with Gasteiger partial charge < -0.3 is 10.2 Å². The van der Waals surface area contributed by atoms with Gasteiger partial charge in [-0.2, -0.15) is 4.98 Å². The van der Waals surface area contributed by atoms with Gasteiger partial charge in [0.1, 0.15) is 10.6 Å². The lowest BCUT2D eigenvalue weighted by molar-refractivity contribution is 0.575. The van der Waals surface area contributed by atoms with E-state index in [2.05, 4.69) is 30.1 Å². The molecule has 0 atom stereocenters. The van der Waals surface area contributed by atoms with E-state index in [-0.39, 0.29) is 0 Å². The second kappa shape index (κ2) is 6.60. The van der Waals surface area contributed by atoms with Crippen LogP contribution in [-0.4, -0.2) is 29.6 Å². The largest absolute Gasteiger partial charge is 0.356 e. The quantitative estimate of drug-likeness (QED) is 0.904. The Labute approximate surface area is 130 Å². The molecule has 2 aromatic heterocycles. The summed E-state index contributed by atoms with van der Waals surface area (Å²) in [4.78, 5) is 14.5. The number of rotatable bonds is 5. The van der Waals surface area contributed by atoms with E-state index in [1.54, 1.807) is 11.3 Å². The molecule has 0 saturated carbocycles. The van der Waals surface area contributed by atoms with E-state index < -0.39 is 0 Å². The van der Waals surface area contributed by atoms with E-state index in [4.69, 9.17) is 9.97 Å². The summed E-state index contributed by atoms with van der Waals surface area (Å²) in [5, 5.41) is 4.59. The predicted molar refractivity (Wildman–Crippen MR) is 91.6 cm³/mol. The summed E-state index contributed by atoms with van der Waals surface area (Å²) in [6.45, 7) is 7.54. The van der Waals surface area contributed by atoms with Crippen molar-refractivity contribution in [3.8, 4) is 0 Å². The number of nitrogens with one attached hydrogen (secondary N) is 1. The molecular formula is C16H24N4S. The third-order valence-corrected chi connectivity index (χ3v) is 5.13. The SMILES string of the molecule is CCCNc1nc(N2CCCCC2)c2cc(CC)sc2n1. The van der Waals surface area contributed by atoms with E-state index in [0.717, 1.165) is 49.1 Å². The van der Waals surface area contributed by atoms with E-state index >= 15 is 0 Å². The van der Waals surface area contributed by atoms with Gasteiger partial charge >= 0.3 is 0 Å². The van der Waals surface area contributed by atoms with Crippen molar-refractivity contribution in [2.24, 2.45) is 0 Å². The van der Waals surface area contributed by atoms with Crippen molar-refractivity contribution in [1.82, 2.24) is 9.97 Å². The highest BCUT2D eigenvalue weighted by molar-refractivity contribution is 7.18. The third-order valence-electron chi connectivity index (χ3n) is 3.96. The van der Waals surface area contributed by atoms with Gasteiger partial charge in [0.2, 0.25) is 5.95 Å². The topological polar surface area (TPSA) is 41.1 Å². The lowest BCUT2D eigenvalue weighted by atomic mass is 10.1. The van der Waals surface area contributed by atoms with Crippen LogP contribution in [0.4, 0.5) is 11.8 Å². The molecule has 1 fully saturated rings. The summed E-state index contributed by atoms with van der Waals surface area (Å²) in [5.74, 6) is 1.92. The molecule has 1 aliphatic heterocycles. The third kappa shape index (κ3) is 3.12.